The monoisotopic (exact) mass is 362 g/mol. The van der Waals surface area contributed by atoms with E-state index in [1.54, 1.807) is 18.2 Å². The van der Waals surface area contributed by atoms with Crippen molar-refractivity contribution < 1.29 is 4.79 Å². The fourth-order valence-corrected chi connectivity index (χ4v) is 3.99. The summed E-state index contributed by atoms with van der Waals surface area (Å²) in [5.41, 5.74) is 0.594. The topological polar surface area (TPSA) is 32.3 Å². The largest absolute Gasteiger partial charge is 0.358 e. The Morgan fingerprint density at radius 2 is 1.86 bits per heavy atom. The minimum absolute atomic E-state index is 0.111. The molecule has 2 rings (SSSR count). The second-order valence-corrected chi connectivity index (χ2v) is 7.72. The molecule has 114 valence electrons. The third kappa shape index (κ3) is 5.02. The predicted octanol–water partition coefficient (Wildman–Crippen LogP) is 4.43. The molecule has 1 amide bonds. The fourth-order valence-electron chi connectivity index (χ4n) is 2.05. The van der Waals surface area contributed by atoms with Crippen LogP contribution in [-0.4, -0.2) is 33.5 Å². The lowest BCUT2D eigenvalue weighted by atomic mass is 10.3. The van der Waals surface area contributed by atoms with Crippen LogP contribution in [0.3, 0.4) is 0 Å². The molecule has 7 heteroatoms. The van der Waals surface area contributed by atoms with Crippen molar-refractivity contribution in [1.82, 2.24) is 4.90 Å². The van der Waals surface area contributed by atoms with Crippen molar-refractivity contribution >= 4 is 63.1 Å². The maximum Gasteiger partial charge on any atom is 0.237 e. The minimum atomic E-state index is -0.268. The molecule has 0 aliphatic carbocycles. The first-order valence-electron chi connectivity index (χ1n) is 6.68. The molecule has 1 fully saturated rings. The normalized spacial score (nSPS) is 15.9. The molecule has 0 unspecified atom stereocenters. The first-order valence-corrected chi connectivity index (χ1v) is 8.72. The van der Waals surface area contributed by atoms with Crippen LogP contribution in [0, 0.1) is 0 Å². The highest BCUT2D eigenvalue weighted by Crippen LogP contribution is 2.24. The molecule has 1 aromatic rings. The summed E-state index contributed by atoms with van der Waals surface area (Å²) in [6.07, 6.45) is 2.34. The van der Waals surface area contributed by atoms with Gasteiger partial charge in [-0.25, -0.2) is 0 Å². The first-order chi connectivity index (χ1) is 9.95. The average Bonchev–Trinajstić information content (AvgIpc) is 2.91. The molecule has 1 N–H and O–H groups in total. The lowest BCUT2D eigenvalue weighted by Gasteiger charge is -2.20. The molecular weight excluding hydrogens is 347 g/mol. The van der Waals surface area contributed by atoms with Gasteiger partial charge < -0.3 is 10.2 Å². The maximum absolute atomic E-state index is 12.2. The second kappa shape index (κ2) is 7.68. The summed E-state index contributed by atoms with van der Waals surface area (Å²) >= 11 is 18.6. The van der Waals surface area contributed by atoms with E-state index in [0.717, 1.165) is 17.4 Å². The van der Waals surface area contributed by atoms with Crippen LogP contribution in [0.2, 0.25) is 10.0 Å². The number of nitrogens with zero attached hydrogens (tertiary/aromatic N) is 1. The van der Waals surface area contributed by atoms with Gasteiger partial charge in [-0.15, -0.1) is 0 Å². The van der Waals surface area contributed by atoms with Gasteiger partial charge in [0.2, 0.25) is 5.91 Å². The van der Waals surface area contributed by atoms with Crippen molar-refractivity contribution in [3.63, 3.8) is 0 Å². The number of hydrogen-bond donors (Lipinski definition) is 1. The molecule has 1 heterocycles. The van der Waals surface area contributed by atoms with Gasteiger partial charge in [0, 0.05) is 28.8 Å². The minimum Gasteiger partial charge on any atom is -0.358 e. The van der Waals surface area contributed by atoms with E-state index in [9.17, 15) is 4.79 Å². The van der Waals surface area contributed by atoms with Crippen LogP contribution >= 0.6 is 47.2 Å². The third-order valence-electron chi connectivity index (χ3n) is 3.14. The van der Waals surface area contributed by atoms with Gasteiger partial charge in [-0.3, -0.25) is 4.79 Å². The van der Waals surface area contributed by atoms with Crippen molar-refractivity contribution in [2.75, 3.05) is 18.4 Å². The highest BCUT2D eigenvalue weighted by molar-refractivity contribution is 8.23. The van der Waals surface area contributed by atoms with Crippen LogP contribution in [0.4, 0.5) is 5.69 Å². The van der Waals surface area contributed by atoms with Crippen LogP contribution in [0.15, 0.2) is 18.2 Å². The number of thioether (sulfide) groups is 1. The zero-order valence-corrected chi connectivity index (χ0v) is 14.7. The number of likely N-dealkylation sites (tertiary alicyclic amines) is 1. The van der Waals surface area contributed by atoms with Gasteiger partial charge in [-0.1, -0.05) is 47.2 Å². The Morgan fingerprint density at radius 1 is 1.29 bits per heavy atom. The molecule has 0 radical (unpaired) electrons. The van der Waals surface area contributed by atoms with Crippen molar-refractivity contribution in [3.8, 4) is 0 Å². The number of carbonyl (C=O) groups is 1. The van der Waals surface area contributed by atoms with Gasteiger partial charge >= 0.3 is 0 Å². The molecule has 0 bridgehead atoms. The van der Waals surface area contributed by atoms with E-state index in [1.165, 1.54) is 24.6 Å². The molecule has 1 atom stereocenters. The highest BCUT2D eigenvalue weighted by atomic mass is 35.5. The fraction of sp³-hybridized carbons (Fsp3) is 0.429. The molecule has 3 nitrogen and oxygen atoms in total. The van der Waals surface area contributed by atoms with E-state index in [4.69, 9.17) is 35.4 Å². The van der Waals surface area contributed by atoms with Crippen LogP contribution in [0.5, 0.6) is 0 Å². The summed E-state index contributed by atoms with van der Waals surface area (Å²) in [7, 11) is 0. The van der Waals surface area contributed by atoms with Gasteiger partial charge in [-0.2, -0.15) is 0 Å². The summed E-state index contributed by atoms with van der Waals surface area (Å²) in [5, 5.41) is 3.53. The van der Waals surface area contributed by atoms with Gasteiger partial charge in [0.25, 0.3) is 0 Å². The van der Waals surface area contributed by atoms with Crippen molar-refractivity contribution in [3.05, 3.63) is 28.2 Å². The number of rotatable bonds is 3. The van der Waals surface area contributed by atoms with Crippen LogP contribution in [0.25, 0.3) is 0 Å². The van der Waals surface area contributed by atoms with Crippen molar-refractivity contribution in [2.45, 2.75) is 25.0 Å². The molecule has 1 aliphatic rings. The van der Waals surface area contributed by atoms with Crippen molar-refractivity contribution in [2.24, 2.45) is 0 Å². The predicted molar refractivity (Wildman–Crippen MR) is 95.5 cm³/mol. The number of halogens is 2. The molecular formula is C14H16Cl2N2OS2. The molecule has 0 aromatic heterocycles. The van der Waals surface area contributed by atoms with Crippen molar-refractivity contribution in [1.29, 1.82) is 0 Å². The lowest BCUT2D eigenvalue weighted by Crippen LogP contribution is -2.29. The smallest absolute Gasteiger partial charge is 0.237 e. The number of hydrogen-bond acceptors (Lipinski definition) is 3. The number of nitrogens with one attached hydrogen (secondary N) is 1. The zero-order valence-electron chi connectivity index (χ0n) is 11.6. The summed E-state index contributed by atoms with van der Waals surface area (Å²) in [6.45, 7) is 3.82. The Labute approximate surface area is 144 Å². The number of anilines is 1. The maximum atomic E-state index is 12.2. The highest BCUT2D eigenvalue weighted by Gasteiger charge is 2.21. The summed E-state index contributed by atoms with van der Waals surface area (Å²) < 4.78 is 0.791. The van der Waals surface area contributed by atoms with Crippen LogP contribution in [0.1, 0.15) is 19.8 Å². The Kier molecular flexibility index (Phi) is 6.17. The van der Waals surface area contributed by atoms with E-state index in [1.807, 2.05) is 6.92 Å². The summed E-state index contributed by atoms with van der Waals surface area (Å²) in [4.78, 5) is 14.3. The Bertz CT molecular complexity index is 528. The van der Waals surface area contributed by atoms with Gasteiger partial charge in [0.15, 0.2) is 0 Å². The average molecular weight is 363 g/mol. The van der Waals surface area contributed by atoms with Crippen LogP contribution < -0.4 is 5.32 Å². The lowest BCUT2D eigenvalue weighted by molar-refractivity contribution is -0.115. The number of amides is 1. The van der Waals surface area contributed by atoms with E-state index in [2.05, 4.69) is 10.2 Å². The molecule has 1 aromatic carbocycles. The Morgan fingerprint density at radius 3 is 2.43 bits per heavy atom. The van der Waals surface area contributed by atoms with Gasteiger partial charge in [-0.05, 0) is 38.0 Å². The molecule has 0 saturated carbocycles. The molecule has 0 spiro atoms. The van der Waals surface area contributed by atoms with E-state index in [-0.39, 0.29) is 11.2 Å². The molecule has 21 heavy (non-hydrogen) atoms. The Hall–Kier alpha value is -0.490. The summed E-state index contributed by atoms with van der Waals surface area (Å²) in [6, 6.07) is 4.96. The van der Waals surface area contributed by atoms with E-state index >= 15 is 0 Å². The number of carbonyl (C=O) groups excluding carboxylic acids is 1. The second-order valence-electron chi connectivity index (χ2n) is 4.87. The number of benzene rings is 1. The summed E-state index contributed by atoms with van der Waals surface area (Å²) in [5.74, 6) is -0.111. The molecule has 1 saturated heterocycles. The Balaban J connectivity index is 1.91. The molecule has 1 aliphatic heterocycles. The van der Waals surface area contributed by atoms with Gasteiger partial charge in [0.1, 0.15) is 4.32 Å². The third-order valence-corrected chi connectivity index (χ3v) is 5.15. The zero-order chi connectivity index (χ0) is 15.4. The SMILES string of the molecule is C[C@H](SC(=S)N1CCCC1)C(=O)Nc1cc(Cl)cc(Cl)c1. The first kappa shape index (κ1) is 16.9. The quantitative estimate of drug-likeness (QED) is 0.805. The number of thiocarbonyl (C=S) groups is 1. The standard InChI is InChI=1S/C14H16Cl2N2OS2/c1-9(21-14(20)18-4-2-3-5-18)13(19)17-12-7-10(15)6-11(16)8-12/h6-9H,2-5H2,1H3,(H,17,19)/t9-/m0/s1. The van der Waals surface area contributed by atoms with Gasteiger partial charge in [0.05, 0.1) is 5.25 Å². The van der Waals surface area contributed by atoms with E-state index in [0.29, 0.717) is 15.7 Å². The van der Waals surface area contributed by atoms with Crippen LogP contribution in [-0.2, 0) is 4.79 Å². The van der Waals surface area contributed by atoms with E-state index < -0.39 is 0 Å².